The molecule has 0 bridgehead atoms. The van der Waals surface area contributed by atoms with E-state index in [-0.39, 0.29) is 5.69 Å². The Morgan fingerprint density at radius 1 is 1.37 bits per heavy atom. The van der Waals surface area contributed by atoms with Crippen LogP contribution in [-0.4, -0.2) is 17.0 Å². The summed E-state index contributed by atoms with van der Waals surface area (Å²) in [5.41, 5.74) is 7.87. The van der Waals surface area contributed by atoms with E-state index < -0.39 is 4.92 Å². The van der Waals surface area contributed by atoms with Gasteiger partial charge in [0.1, 0.15) is 0 Å². The maximum Gasteiger partial charge on any atom is 0.271 e. The number of aromatic nitrogens is 1. The Bertz CT molecular complexity index is 586. The average Bonchev–Trinajstić information content (AvgIpc) is 2.39. The van der Waals surface area contributed by atoms with Gasteiger partial charge in [-0.3, -0.25) is 15.1 Å². The number of non-ortho nitro benzene ring substituents is 1. The van der Waals surface area contributed by atoms with E-state index in [9.17, 15) is 10.1 Å². The van der Waals surface area contributed by atoms with Crippen LogP contribution in [0.3, 0.4) is 0 Å². The molecular formula is C13H14N4O2. The second-order valence-corrected chi connectivity index (χ2v) is 4.18. The minimum absolute atomic E-state index is 0.00696. The van der Waals surface area contributed by atoms with Crippen LogP contribution in [0.5, 0.6) is 0 Å². The summed E-state index contributed by atoms with van der Waals surface area (Å²) in [6.07, 6.45) is 1.72. The smallest absolute Gasteiger partial charge is 0.271 e. The summed E-state index contributed by atoms with van der Waals surface area (Å²) in [4.78, 5) is 16.3. The molecule has 0 saturated carbocycles. The van der Waals surface area contributed by atoms with Gasteiger partial charge in [-0.15, -0.1) is 0 Å². The number of hydrogen-bond donors (Lipinski definition) is 1. The highest BCUT2D eigenvalue weighted by Gasteiger charge is 2.11. The van der Waals surface area contributed by atoms with Gasteiger partial charge in [0, 0.05) is 25.4 Å². The summed E-state index contributed by atoms with van der Waals surface area (Å²) in [6.45, 7) is 0.586. The number of nitro groups is 1. The van der Waals surface area contributed by atoms with Gasteiger partial charge in [-0.1, -0.05) is 6.07 Å². The molecule has 2 aromatic rings. The zero-order valence-corrected chi connectivity index (χ0v) is 10.5. The van der Waals surface area contributed by atoms with Crippen LogP contribution in [0, 0.1) is 10.1 Å². The first kappa shape index (κ1) is 12.8. The van der Waals surface area contributed by atoms with Crippen LogP contribution in [0.4, 0.5) is 17.1 Å². The number of nitrogen functional groups attached to an aromatic ring is 1. The van der Waals surface area contributed by atoms with Crippen molar-refractivity contribution in [1.29, 1.82) is 0 Å². The van der Waals surface area contributed by atoms with Gasteiger partial charge in [0.05, 0.1) is 28.5 Å². The first-order valence-electron chi connectivity index (χ1n) is 5.73. The Labute approximate surface area is 110 Å². The molecule has 2 rings (SSSR count). The zero-order chi connectivity index (χ0) is 13.8. The zero-order valence-electron chi connectivity index (χ0n) is 10.5. The first-order valence-corrected chi connectivity index (χ1v) is 5.73. The minimum Gasteiger partial charge on any atom is -0.397 e. The fourth-order valence-corrected chi connectivity index (χ4v) is 1.82. The standard InChI is InChI=1S/C13H14N4O2/c1-16(9-10-4-2-3-7-15-10)13-6-5-11(17(18)19)8-12(13)14/h2-8H,9,14H2,1H3. The van der Waals surface area contributed by atoms with Crippen molar-refractivity contribution in [3.63, 3.8) is 0 Å². The van der Waals surface area contributed by atoms with E-state index >= 15 is 0 Å². The number of nitrogens with zero attached hydrogens (tertiary/aromatic N) is 3. The number of rotatable bonds is 4. The number of pyridine rings is 1. The monoisotopic (exact) mass is 258 g/mol. The summed E-state index contributed by atoms with van der Waals surface area (Å²) >= 11 is 0. The number of benzene rings is 1. The molecule has 19 heavy (non-hydrogen) atoms. The Balaban J connectivity index is 2.20. The summed E-state index contributed by atoms with van der Waals surface area (Å²) in [5, 5.41) is 10.7. The van der Waals surface area contributed by atoms with E-state index in [1.165, 1.54) is 12.1 Å². The van der Waals surface area contributed by atoms with Crippen molar-refractivity contribution >= 4 is 17.1 Å². The van der Waals surface area contributed by atoms with Crippen molar-refractivity contribution in [3.8, 4) is 0 Å². The van der Waals surface area contributed by atoms with E-state index in [0.29, 0.717) is 12.2 Å². The number of hydrogen-bond acceptors (Lipinski definition) is 5. The van der Waals surface area contributed by atoms with E-state index in [1.807, 2.05) is 30.1 Å². The molecule has 0 unspecified atom stereocenters. The molecule has 0 fully saturated rings. The van der Waals surface area contributed by atoms with Gasteiger partial charge >= 0.3 is 0 Å². The summed E-state index contributed by atoms with van der Waals surface area (Å²) < 4.78 is 0. The van der Waals surface area contributed by atoms with Crippen molar-refractivity contribution in [3.05, 3.63) is 58.4 Å². The Morgan fingerprint density at radius 2 is 2.16 bits per heavy atom. The Hall–Kier alpha value is -2.63. The lowest BCUT2D eigenvalue weighted by Gasteiger charge is -2.20. The van der Waals surface area contributed by atoms with Crippen LogP contribution in [0.15, 0.2) is 42.6 Å². The van der Waals surface area contributed by atoms with Crippen LogP contribution in [0.2, 0.25) is 0 Å². The van der Waals surface area contributed by atoms with Crippen molar-refractivity contribution in [2.75, 3.05) is 17.7 Å². The molecule has 1 aromatic carbocycles. The van der Waals surface area contributed by atoms with Crippen LogP contribution in [0.1, 0.15) is 5.69 Å². The molecule has 1 aromatic heterocycles. The fourth-order valence-electron chi connectivity index (χ4n) is 1.82. The SMILES string of the molecule is CN(Cc1ccccn1)c1ccc([N+](=O)[O-])cc1N. The van der Waals surface area contributed by atoms with Gasteiger partial charge in [-0.05, 0) is 18.2 Å². The second-order valence-electron chi connectivity index (χ2n) is 4.18. The first-order chi connectivity index (χ1) is 9.08. The maximum atomic E-state index is 10.7. The summed E-state index contributed by atoms with van der Waals surface area (Å²) in [7, 11) is 1.87. The lowest BCUT2D eigenvalue weighted by atomic mass is 10.2. The molecule has 0 radical (unpaired) electrons. The average molecular weight is 258 g/mol. The van der Waals surface area contributed by atoms with Gasteiger partial charge < -0.3 is 10.6 Å². The van der Waals surface area contributed by atoms with Crippen LogP contribution >= 0.6 is 0 Å². The predicted molar refractivity (Wildman–Crippen MR) is 73.9 cm³/mol. The van der Waals surface area contributed by atoms with Gasteiger partial charge in [0.2, 0.25) is 0 Å². The summed E-state index contributed by atoms with van der Waals surface area (Å²) in [6, 6.07) is 10.1. The Kier molecular flexibility index (Phi) is 3.61. The lowest BCUT2D eigenvalue weighted by Crippen LogP contribution is -2.18. The molecular weight excluding hydrogens is 244 g/mol. The van der Waals surface area contributed by atoms with E-state index in [1.54, 1.807) is 12.3 Å². The number of nitrogens with two attached hydrogens (primary N) is 1. The molecule has 0 aliphatic carbocycles. The predicted octanol–water partition coefficient (Wildman–Crippen LogP) is 2.21. The molecule has 0 saturated heterocycles. The molecule has 0 spiro atoms. The van der Waals surface area contributed by atoms with Crippen molar-refractivity contribution in [2.45, 2.75) is 6.54 Å². The highest BCUT2D eigenvalue weighted by Crippen LogP contribution is 2.27. The fraction of sp³-hybridized carbons (Fsp3) is 0.154. The third kappa shape index (κ3) is 2.98. The number of nitro benzene ring substituents is 1. The van der Waals surface area contributed by atoms with Gasteiger partial charge in [-0.2, -0.15) is 0 Å². The van der Waals surface area contributed by atoms with Gasteiger partial charge in [-0.25, -0.2) is 0 Å². The molecule has 0 aliphatic heterocycles. The third-order valence-corrected chi connectivity index (χ3v) is 2.76. The maximum absolute atomic E-state index is 10.7. The highest BCUT2D eigenvalue weighted by atomic mass is 16.6. The van der Waals surface area contributed by atoms with Crippen molar-refractivity contribution in [2.24, 2.45) is 0 Å². The molecule has 6 heteroatoms. The van der Waals surface area contributed by atoms with Gasteiger partial charge in [0.25, 0.3) is 5.69 Å². The molecule has 6 nitrogen and oxygen atoms in total. The van der Waals surface area contributed by atoms with E-state index in [0.717, 1.165) is 11.4 Å². The summed E-state index contributed by atoms with van der Waals surface area (Å²) in [5.74, 6) is 0. The molecule has 0 amide bonds. The third-order valence-electron chi connectivity index (χ3n) is 2.76. The molecule has 0 aliphatic rings. The molecule has 98 valence electrons. The Morgan fingerprint density at radius 3 is 2.74 bits per heavy atom. The lowest BCUT2D eigenvalue weighted by molar-refractivity contribution is -0.384. The van der Waals surface area contributed by atoms with Crippen LogP contribution in [-0.2, 0) is 6.54 Å². The van der Waals surface area contributed by atoms with Gasteiger partial charge in [0.15, 0.2) is 0 Å². The minimum atomic E-state index is -0.459. The molecule has 2 N–H and O–H groups in total. The van der Waals surface area contributed by atoms with E-state index in [4.69, 9.17) is 5.73 Å². The topological polar surface area (TPSA) is 85.3 Å². The van der Waals surface area contributed by atoms with Crippen LogP contribution in [0.25, 0.3) is 0 Å². The second kappa shape index (κ2) is 5.34. The number of anilines is 2. The van der Waals surface area contributed by atoms with E-state index in [2.05, 4.69) is 4.98 Å². The largest absolute Gasteiger partial charge is 0.397 e. The molecule has 0 atom stereocenters. The van der Waals surface area contributed by atoms with Crippen LogP contribution < -0.4 is 10.6 Å². The normalized spacial score (nSPS) is 10.2. The molecule has 1 heterocycles. The highest BCUT2D eigenvalue weighted by molar-refractivity contribution is 5.70. The quantitative estimate of drug-likeness (QED) is 0.516. The van der Waals surface area contributed by atoms with Crippen molar-refractivity contribution in [1.82, 2.24) is 4.98 Å². The van der Waals surface area contributed by atoms with Crippen molar-refractivity contribution < 1.29 is 4.92 Å².